The Hall–Kier alpha value is -3.32. The molecule has 0 aromatic heterocycles. The number of methoxy groups -OCH3 is 1. The molecule has 3 aromatic carbocycles. The molecule has 0 atom stereocenters. The van der Waals surface area contributed by atoms with Crippen LogP contribution < -0.4 is 13.7 Å². The summed E-state index contributed by atoms with van der Waals surface area (Å²) in [6.45, 7) is 0.449. The second-order valence-electron chi connectivity index (χ2n) is 6.14. The Kier molecular flexibility index (Phi) is 6.51. The van der Waals surface area contributed by atoms with Crippen molar-refractivity contribution in [2.24, 2.45) is 0 Å². The standard InChI is InChI=1S/C22H20O6S/c1-26-19-10-12-22(13-11-19)29(24,25)28-21-8-2-17(3-9-21)14-15-27-20-6-4-18(16-23)5-7-20/h2-13,16H,14-15H2,1H3. The normalized spacial score (nSPS) is 10.9. The number of rotatable bonds is 9. The van der Waals surface area contributed by atoms with E-state index in [-0.39, 0.29) is 10.6 Å². The largest absolute Gasteiger partial charge is 0.497 e. The summed E-state index contributed by atoms with van der Waals surface area (Å²) in [5.41, 5.74) is 1.57. The van der Waals surface area contributed by atoms with Gasteiger partial charge in [0.25, 0.3) is 0 Å². The van der Waals surface area contributed by atoms with Gasteiger partial charge in [-0.25, -0.2) is 0 Å². The van der Waals surface area contributed by atoms with Crippen molar-refractivity contribution in [1.29, 1.82) is 0 Å². The van der Waals surface area contributed by atoms with Crippen LogP contribution >= 0.6 is 0 Å². The van der Waals surface area contributed by atoms with Crippen molar-refractivity contribution in [3.63, 3.8) is 0 Å². The first kappa shape index (κ1) is 20.4. The van der Waals surface area contributed by atoms with Crippen molar-refractivity contribution >= 4 is 16.4 Å². The lowest BCUT2D eigenvalue weighted by Crippen LogP contribution is -2.09. The molecule has 6 nitrogen and oxygen atoms in total. The Morgan fingerprint density at radius 3 is 1.97 bits per heavy atom. The van der Waals surface area contributed by atoms with Crippen molar-refractivity contribution in [3.8, 4) is 17.2 Å². The SMILES string of the molecule is COc1ccc(S(=O)(=O)Oc2ccc(CCOc3ccc(C=O)cc3)cc2)cc1. The molecule has 150 valence electrons. The summed E-state index contributed by atoms with van der Waals surface area (Å²) in [5, 5.41) is 0. The van der Waals surface area contributed by atoms with Crippen LogP contribution in [-0.2, 0) is 16.5 Å². The molecule has 0 spiro atoms. The molecule has 0 heterocycles. The molecule has 0 unspecified atom stereocenters. The highest BCUT2D eigenvalue weighted by atomic mass is 32.2. The van der Waals surface area contributed by atoms with E-state index in [9.17, 15) is 13.2 Å². The van der Waals surface area contributed by atoms with Gasteiger partial charge in [0.1, 0.15) is 28.4 Å². The van der Waals surface area contributed by atoms with Gasteiger partial charge in [0.2, 0.25) is 0 Å². The van der Waals surface area contributed by atoms with E-state index in [1.54, 1.807) is 60.7 Å². The maximum Gasteiger partial charge on any atom is 0.339 e. The van der Waals surface area contributed by atoms with Crippen LogP contribution in [0.15, 0.2) is 77.7 Å². The summed E-state index contributed by atoms with van der Waals surface area (Å²) in [7, 11) is -2.41. The monoisotopic (exact) mass is 412 g/mol. The van der Waals surface area contributed by atoms with Crippen LogP contribution in [-0.4, -0.2) is 28.4 Å². The molecule has 0 bridgehead atoms. The molecule has 0 saturated heterocycles. The van der Waals surface area contributed by atoms with Crippen LogP contribution in [0.4, 0.5) is 0 Å². The summed E-state index contributed by atoms with van der Waals surface area (Å²) in [6, 6.07) is 19.6. The molecule has 29 heavy (non-hydrogen) atoms. The van der Waals surface area contributed by atoms with E-state index >= 15 is 0 Å². The lowest BCUT2D eigenvalue weighted by Gasteiger charge is -2.09. The van der Waals surface area contributed by atoms with Gasteiger partial charge in [-0.05, 0) is 66.2 Å². The Bertz CT molecular complexity index is 1040. The third-order valence-electron chi connectivity index (χ3n) is 4.15. The molecule has 0 aliphatic rings. The van der Waals surface area contributed by atoms with Gasteiger partial charge < -0.3 is 13.7 Å². The van der Waals surface area contributed by atoms with Crippen molar-refractivity contribution in [1.82, 2.24) is 0 Å². The smallest absolute Gasteiger partial charge is 0.339 e. The van der Waals surface area contributed by atoms with Crippen molar-refractivity contribution in [2.45, 2.75) is 11.3 Å². The van der Waals surface area contributed by atoms with Gasteiger partial charge in [0.05, 0.1) is 13.7 Å². The first-order valence-corrected chi connectivity index (χ1v) is 10.3. The van der Waals surface area contributed by atoms with E-state index in [1.807, 2.05) is 0 Å². The van der Waals surface area contributed by atoms with Gasteiger partial charge in [-0.3, -0.25) is 4.79 Å². The fourth-order valence-electron chi connectivity index (χ4n) is 2.56. The van der Waals surface area contributed by atoms with Crippen molar-refractivity contribution < 1.29 is 26.9 Å². The summed E-state index contributed by atoms with van der Waals surface area (Å²) < 4.78 is 40.6. The zero-order chi connectivity index (χ0) is 20.7. The molecule has 0 fully saturated rings. The Balaban J connectivity index is 1.55. The van der Waals surface area contributed by atoms with Gasteiger partial charge in [-0.2, -0.15) is 8.42 Å². The van der Waals surface area contributed by atoms with Crippen LogP contribution in [0.25, 0.3) is 0 Å². The first-order valence-electron chi connectivity index (χ1n) is 8.86. The highest BCUT2D eigenvalue weighted by molar-refractivity contribution is 7.87. The zero-order valence-corrected chi connectivity index (χ0v) is 16.6. The van der Waals surface area contributed by atoms with Gasteiger partial charge in [-0.15, -0.1) is 0 Å². The molecular formula is C22H20O6S. The number of benzene rings is 3. The molecule has 0 radical (unpaired) electrons. The topological polar surface area (TPSA) is 78.9 Å². The number of carbonyl (C=O) groups excluding carboxylic acids is 1. The van der Waals surface area contributed by atoms with Crippen LogP contribution in [0.3, 0.4) is 0 Å². The van der Waals surface area contributed by atoms with Gasteiger partial charge >= 0.3 is 10.1 Å². The Morgan fingerprint density at radius 2 is 1.38 bits per heavy atom. The van der Waals surface area contributed by atoms with E-state index in [4.69, 9.17) is 13.7 Å². The second-order valence-corrected chi connectivity index (χ2v) is 7.69. The molecule has 0 saturated carbocycles. The van der Waals surface area contributed by atoms with E-state index in [0.29, 0.717) is 30.1 Å². The maximum atomic E-state index is 12.4. The first-order chi connectivity index (χ1) is 14.0. The predicted molar refractivity (Wildman–Crippen MR) is 108 cm³/mol. The Labute approximate surface area is 169 Å². The molecule has 0 aliphatic heterocycles. The van der Waals surface area contributed by atoms with Crippen molar-refractivity contribution in [2.75, 3.05) is 13.7 Å². The molecule has 0 aliphatic carbocycles. The quantitative estimate of drug-likeness (QED) is 0.392. The molecule has 3 rings (SSSR count). The molecule has 7 heteroatoms. The van der Waals surface area contributed by atoms with Crippen LogP contribution in [0.2, 0.25) is 0 Å². The fraction of sp³-hybridized carbons (Fsp3) is 0.136. The molecule has 3 aromatic rings. The average Bonchev–Trinajstić information content (AvgIpc) is 2.75. The summed E-state index contributed by atoms with van der Waals surface area (Å²) in [5.74, 6) is 1.48. The lowest BCUT2D eigenvalue weighted by atomic mass is 10.1. The number of hydrogen-bond donors (Lipinski definition) is 0. The maximum absolute atomic E-state index is 12.4. The fourth-order valence-corrected chi connectivity index (χ4v) is 3.49. The molecule has 0 amide bonds. The minimum Gasteiger partial charge on any atom is -0.497 e. The summed E-state index contributed by atoms with van der Waals surface area (Å²) >= 11 is 0. The van der Waals surface area contributed by atoms with Gasteiger partial charge in [0.15, 0.2) is 0 Å². The van der Waals surface area contributed by atoms with E-state index < -0.39 is 10.1 Å². The van der Waals surface area contributed by atoms with Gasteiger partial charge in [-0.1, -0.05) is 12.1 Å². The van der Waals surface area contributed by atoms with Crippen LogP contribution in [0.1, 0.15) is 15.9 Å². The third kappa shape index (κ3) is 5.58. The summed E-state index contributed by atoms with van der Waals surface area (Å²) in [4.78, 5) is 10.7. The van der Waals surface area contributed by atoms with Gasteiger partial charge in [0, 0.05) is 12.0 Å². The number of carbonyl (C=O) groups is 1. The zero-order valence-electron chi connectivity index (χ0n) is 15.8. The molecule has 0 N–H and O–H groups in total. The molecular weight excluding hydrogens is 392 g/mol. The lowest BCUT2D eigenvalue weighted by molar-refractivity contribution is 0.112. The number of aldehydes is 1. The predicted octanol–water partition coefficient (Wildman–Crippen LogP) is 3.90. The highest BCUT2D eigenvalue weighted by Gasteiger charge is 2.16. The Morgan fingerprint density at radius 1 is 0.793 bits per heavy atom. The van der Waals surface area contributed by atoms with E-state index in [1.165, 1.54) is 19.2 Å². The van der Waals surface area contributed by atoms with Crippen LogP contribution in [0, 0.1) is 0 Å². The third-order valence-corrected chi connectivity index (χ3v) is 5.41. The summed E-state index contributed by atoms with van der Waals surface area (Å²) in [6.07, 6.45) is 1.42. The van der Waals surface area contributed by atoms with Crippen molar-refractivity contribution in [3.05, 3.63) is 83.9 Å². The minimum atomic E-state index is -3.91. The van der Waals surface area contributed by atoms with Crippen LogP contribution in [0.5, 0.6) is 17.2 Å². The number of ether oxygens (including phenoxy) is 2. The highest BCUT2D eigenvalue weighted by Crippen LogP contribution is 2.21. The average molecular weight is 412 g/mol. The number of hydrogen-bond acceptors (Lipinski definition) is 6. The van der Waals surface area contributed by atoms with E-state index in [0.717, 1.165) is 11.8 Å². The van der Waals surface area contributed by atoms with E-state index in [2.05, 4.69) is 0 Å². The minimum absolute atomic E-state index is 0.0522. The second kappa shape index (κ2) is 9.25.